The third-order valence-corrected chi connectivity index (χ3v) is 5.74. The van der Waals surface area contributed by atoms with Crippen LogP contribution in [0.4, 0.5) is 0 Å². The van der Waals surface area contributed by atoms with E-state index in [1.165, 1.54) is 6.08 Å². The predicted molar refractivity (Wildman–Crippen MR) is 136 cm³/mol. The fourth-order valence-electron chi connectivity index (χ4n) is 3.99. The molecule has 0 bridgehead atoms. The van der Waals surface area contributed by atoms with Crippen molar-refractivity contribution >= 4 is 17.8 Å². The smallest absolute Gasteiger partial charge is 0.290 e. The average Bonchev–Trinajstić information content (AvgIpc) is 3.12. The number of nitrogens with zero attached hydrogens (tertiary/aromatic N) is 2. The van der Waals surface area contributed by atoms with Gasteiger partial charge in [-0.1, -0.05) is 66.7 Å². The Morgan fingerprint density at radius 3 is 2.31 bits per heavy atom. The monoisotopic (exact) mass is 468 g/mol. The number of para-hydroxylation sites is 1. The first-order valence-electron chi connectivity index (χ1n) is 11.4. The van der Waals surface area contributed by atoms with Gasteiger partial charge in [-0.3, -0.25) is 9.59 Å². The molecule has 3 aromatic rings. The highest BCUT2D eigenvalue weighted by Gasteiger charge is 2.42. The molecule has 0 fully saturated rings. The molecule has 178 valence electrons. The number of carbonyl (C=O) groups excluding carboxylic acids is 2. The molecule has 6 heteroatoms. The molecule has 1 aliphatic heterocycles. The Bertz CT molecular complexity index is 1250. The molecule has 0 saturated carbocycles. The van der Waals surface area contributed by atoms with Crippen molar-refractivity contribution in [3.05, 3.63) is 113 Å². The lowest BCUT2D eigenvalue weighted by Crippen LogP contribution is -2.36. The zero-order valence-corrected chi connectivity index (χ0v) is 19.8. The van der Waals surface area contributed by atoms with Crippen molar-refractivity contribution in [3.63, 3.8) is 0 Å². The summed E-state index contributed by atoms with van der Waals surface area (Å²) < 4.78 is 5.98. The van der Waals surface area contributed by atoms with E-state index in [4.69, 9.17) is 4.74 Å². The van der Waals surface area contributed by atoms with Gasteiger partial charge in [0.2, 0.25) is 0 Å². The fourth-order valence-corrected chi connectivity index (χ4v) is 3.99. The van der Waals surface area contributed by atoms with Gasteiger partial charge in [-0.25, -0.2) is 0 Å². The maximum absolute atomic E-state index is 13.3. The summed E-state index contributed by atoms with van der Waals surface area (Å²) in [4.78, 5) is 29.8. The summed E-state index contributed by atoms with van der Waals surface area (Å²) in [6.07, 6.45) is 3.09. The number of hydrogen-bond acceptors (Lipinski definition) is 5. The summed E-state index contributed by atoms with van der Waals surface area (Å²) in [7, 11) is 3.82. The summed E-state index contributed by atoms with van der Waals surface area (Å²) >= 11 is 0. The molecule has 1 heterocycles. The van der Waals surface area contributed by atoms with Gasteiger partial charge < -0.3 is 19.6 Å². The summed E-state index contributed by atoms with van der Waals surface area (Å²) in [6.45, 7) is 0.931. The molecule has 0 aromatic heterocycles. The van der Waals surface area contributed by atoms with Gasteiger partial charge in [0, 0.05) is 13.1 Å². The summed E-state index contributed by atoms with van der Waals surface area (Å²) in [5.74, 6) is -0.219. The maximum Gasteiger partial charge on any atom is 0.290 e. The minimum absolute atomic E-state index is 0.0674. The molecule has 0 spiro atoms. The Morgan fingerprint density at radius 1 is 0.971 bits per heavy atom. The van der Waals surface area contributed by atoms with E-state index in [9.17, 15) is 14.7 Å². The third-order valence-electron chi connectivity index (χ3n) is 5.74. The molecule has 0 aliphatic carbocycles. The predicted octanol–water partition coefficient (Wildman–Crippen LogP) is 5.02. The van der Waals surface area contributed by atoms with Gasteiger partial charge in [-0.15, -0.1) is 0 Å². The van der Waals surface area contributed by atoms with E-state index in [1.807, 2.05) is 97.9 Å². The van der Waals surface area contributed by atoms with Crippen molar-refractivity contribution in [3.8, 4) is 11.5 Å². The minimum Gasteiger partial charge on any atom is -0.503 e. The molecule has 0 saturated heterocycles. The van der Waals surface area contributed by atoms with Crippen LogP contribution >= 0.6 is 0 Å². The lowest BCUT2D eigenvalue weighted by molar-refractivity contribution is -0.129. The van der Waals surface area contributed by atoms with Crippen LogP contribution in [0.5, 0.6) is 11.5 Å². The Labute approximate surface area is 205 Å². The van der Waals surface area contributed by atoms with Crippen LogP contribution in [0, 0.1) is 0 Å². The number of likely N-dealkylation sites (N-methyl/N-ethyl adjacent to an activating group) is 1. The maximum atomic E-state index is 13.3. The molecule has 1 aliphatic rings. The van der Waals surface area contributed by atoms with Crippen LogP contribution in [0.15, 0.2) is 102 Å². The van der Waals surface area contributed by atoms with Crippen molar-refractivity contribution in [1.29, 1.82) is 0 Å². The second-order valence-electron chi connectivity index (χ2n) is 8.56. The fraction of sp³-hybridized carbons (Fsp3) is 0.172. The van der Waals surface area contributed by atoms with Crippen molar-refractivity contribution in [2.24, 2.45) is 0 Å². The largest absolute Gasteiger partial charge is 0.503 e. The van der Waals surface area contributed by atoms with E-state index in [2.05, 4.69) is 0 Å². The van der Waals surface area contributed by atoms with Crippen LogP contribution in [0.3, 0.4) is 0 Å². The molecular formula is C29H28N2O4. The van der Waals surface area contributed by atoms with Gasteiger partial charge >= 0.3 is 0 Å². The summed E-state index contributed by atoms with van der Waals surface area (Å²) in [5, 5.41) is 10.8. The minimum atomic E-state index is -0.727. The molecule has 1 amide bonds. The second kappa shape index (κ2) is 10.8. The molecule has 4 rings (SSSR count). The number of benzene rings is 3. The number of hydrogen-bond donors (Lipinski definition) is 1. The Kier molecular flexibility index (Phi) is 7.43. The first kappa shape index (κ1) is 24.0. The quantitative estimate of drug-likeness (QED) is 0.447. The van der Waals surface area contributed by atoms with Crippen molar-refractivity contribution < 1.29 is 19.4 Å². The van der Waals surface area contributed by atoms with Gasteiger partial charge in [0.15, 0.2) is 11.5 Å². The van der Waals surface area contributed by atoms with Crippen LogP contribution in [0.2, 0.25) is 0 Å². The third kappa shape index (κ3) is 5.67. The zero-order chi connectivity index (χ0) is 24.8. The van der Waals surface area contributed by atoms with Gasteiger partial charge in [0.1, 0.15) is 11.5 Å². The number of amides is 1. The van der Waals surface area contributed by atoms with Gasteiger partial charge in [0.25, 0.3) is 5.91 Å². The summed E-state index contributed by atoms with van der Waals surface area (Å²) in [6, 6.07) is 25.3. The van der Waals surface area contributed by atoms with E-state index in [1.54, 1.807) is 17.0 Å². The van der Waals surface area contributed by atoms with Crippen molar-refractivity contribution in [2.45, 2.75) is 6.04 Å². The highest BCUT2D eigenvalue weighted by atomic mass is 16.5. The normalized spacial score (nSPS) is 15.9. The number of aliphatic hydroxyl groups excluding tert-OH is 1. The summed E-state index contributed by atoms with van der Waals surface area (Å²) in [5.41, 5.74) is 1.60. The van der Waals surface area contributed by atoms with Gasteiger partial charge in [0.05, 0.1) is 11.6 Å². The van der Waals surface area contributed by atoms with E-state index in [-0.39, 0.29) is 5.57 Å². The van der Waals surface area contributed by atoms with E-state index in [0.717, 1.165) is 5.56 Å². The molecular weight excluding hydrogens is 440 g/mol. The lowest BCUT2D eigenvalue weighted by Gasteiger charge is -2.28. The number of ketones is 1. The molecule has 1 atom stereocenters. The second-order valence-corrected chi connectivity index (χ2v) is 8.56. The van der Waals surface area contributed by atoms with Crippen LogP contribution in [-0.2, 0) is 9.59 Å². The van der Waals surface area contributed by atoms with Gasteiger partial charge in [-0.2, -0.15) is 0 Å². The van der Waals surface area contributed by atoms with Crippen LogP contribution in [-0.4, -0.2) is 53.8 Å². The standard InChI is InChI=1S/C29H28N2O4/c1-30(2)18-19-31-27(22-12-9-15-24(20-22)35-23-13-7-4-8-14-23)26(28(33)29(31)34)25(32)17-16-21-10-5-3-6-11-21/h3-17,20,27,33H,18-19H2,1-2H3/b17-16+/t27-/m1/s1. The van der Waals surface area contributed by atoms with E-state index < -0.39 is 23.5 Å². The highest BCUT2D eigenvalue weighted by Crippen LogP contribution is 2.39. The lowest BCUT2D eigenvalue weighted by atomic mass is 9.95. The topological polar surface area (TPSA) is 70.1 Å². The number of ether oxygens (including phenoxy) is 1. The molecule has 3 aromatic carbocycles. The Balaban J connectivity index is 1.69. The molecule has 0 unspecified atom stereocenters. The molecule has 6 nitrogen and oxygen atoms in total. The van der Waals surface area contributed by atoms with E-state index >= 15 is 0 Å². The van der Waals surface area contributed by atoms with Gasteiger partial charge in [-0.05, 0) is 55.6 Å². The van der Waals surface area contributed by atoms with Crippen molar-refractivity contribution in [1.82, 2.24) is 9.80 Å². The van der Waals surface area contributed by atoms with Crippen LogP contribution in [0.25, 0.3) is 6.08 Å². The Hall–Kier alpha value is -4.16. The van der Waals surface area contributed by atoms with Crippen LogP contribution in [0.1, 0.15) is 17.2 Å². The number of allylic oxidation sites excluding steroid dienone is 1. The molecule has 1 N–H and O–H groups in total. The molecule has 0 radical (unpaired) electrons. The van der Waals surface area contributed by atoms with Crippen LogP contribution < -0.4 is 4.74 Å². The first-order chi connectivity index (χ1) is 16.9. The average molecular weight is 469 g/mol. The van der Waals surface area contributed by atoms with Crippen molar-refractivity contribution in [2.75, 3.05) is 27.2 Å². The van der Waals surface area contributed by atoms with E-state index in [0.29, 0.717) is 30.2 Å². The highest BCUT2D eigenvalue weighted by molar-refractivity contribution is 6.14. The molecule has 35 heavy (non-hydrogen) atoms. The number of aliphatic hydroxyl groups is 1. The number of rotatable bonds is 9. The Morgan fingerprint density at radius 2 is 1.63 bits per heavy atom. The SMILES string of the molecule is CN(C)CCN1C(=O)C(O)=C(C(=O)/C=C/c2ccccc2)[C@H]1c1cccc(Oc2ccccc2)c1. The first-order valence-corrected chi connectivity index (χ1v) is 11.4. The zero-order valence-electron chi connectivity index (χ0n) is 19.8. The number of carbonyl (C=O) groups is 2.